The van der Waals surface area contributed by atoms with Crippen LogP contribution in [0.4, 0.5) is 11.4 Å². The van der Waals surface area contributed by atoms with E-state index in [4.69, 9.17) is 9.84 Å². The minimum atomic E-state index is -0.940. The zero-order valence-corrected chi connectivity index (χ0v) is 16.2. The second-order valence-electron chi connectivity index (χ2n) is 6.87. The summed E-state index contributed by atoms with van der Waals surface area (Å²) >= 11 is 0. The number of carboxylic acids is 1. The molecular formula is C22H27N3O3. The van der Waals surface area contributed by atoms with E-state index in [1.807, 2.05) is 54.9 Å². The molecule has 2 heterocycles. The Bertz CT molecular complexity index is 779. The van der Waals surface area contributed by atoms with Crippen LogP contribution >= 0.6 is 0 Å². The van der Waals surface area contributed by atoms with Crippen molar-refractivity contribution in [2.45, 2.75) is 31.9 Å². The van der Waals surface area contributed by atoms with E-state index >= 15 is 0 Å². The largest absolute Gasteiger partial charge is 0.479 e. The van der Waals surface area contributed by atoms with E-state index in [2.05, 4.69) is 21.4 Å². The van der Waals surface area contributed by atoms with Gasteiger partial charge in [-0.15, -0.1) is 6.58 Å². The molecule has 0 saturated carbocycles. The monoisotopic (exact) mass is 381 g/mol. The van der Waals surface area contributed by atoms with Gasteiger partial charge in [0, 0.05) is 49.4 Å². The van der Waals surface area contributed by atoms with Crippen LogP contribution in [0.5, 0.6) is 5.75 Å². The number of hydrogen-bond acceptors (Lipinski definition) is 5. The lowest BCUT2D eigenvalue weighted by molar-refractivity contribution is -0.145. The Morgan fingerprint density at radius 3 is 2.57 bits per heavy atom. The highest BCUT2D eigenvalue weighted by Gasteiger charge is 2.26. The molecule has 1 aromatic heterocycles. The second kappa shape index (κ2) is 9.26. The molecule has 0 amide bonds. The third-order valence-corrected chi connectivity index (χ3v) is 5.04. The van der Waals surface area contributed by atoms with E-state index in [1.54, 1.807) is 6.92 Å². The van der Waals surface area contributed by atoms with Crippen molar-refractivity contribution < 1.29 is 14.6 Å². The highest BCUT2D eigenvalue weighted by molar-refractivity contribution is 5.72. The average molecular weight is 381 g/mol. The highest BCUT2D eigenvalue weighted by Crippen LogP contribution is 2.27. The zero-order valence-electron chi connectivity index (χ0n) is 16.2. The molecule has 2 atom stereocenters. The number of anilines is 2. The van der Waals surface area contributed by atoms with Crippen LogP contribution in [0.1, 0.15) is 19.8 Å². The van der Waals surface area contributed by atoms with Crippen LogP contribution in [0.15, 0.2) is 61.4 Å². The van der Waals surface area contributed by atoms with Gasteiger partial charge in [-0.1, -0.05) is 13.0 Å². The highest BCUT2D eigenvalue weighted by atomic mass is 16.5. The predicted octanol–water partition coefficient (Wildman–Crippen LogP) is 3.59. The maximum Gasteiger partial charge on any atom is 0.344 e. The van der Waals surface area contributed by atoms with Gasteiger partial charge in [-0.3, -0.25) is 4.98 Å². The van der Waals surface area contributed by atoms with E-state index in [-0.39, 0.29) is 0 Å². The zero-order chi connectivity index (χ0) is 19.9. The standard InChI is InChI=1S/C22H27N3O3/c1-3-5-19-16-24(17-10-12-23-13-11-17)14-15-25(19)18-6-8-20(9-7-18)28-21(4-2)22(26)27/h3,6-13,19,21H,1,4-5,14-16H2,2H3,(H,26,27). The fourth-order valence-electron chi connectivity index (χ4n) is 3.57. The van der Waals surface area contributed by atoms with Crippen molar-refractivity contribution in [1.29, 1.82) is 0 Å². The molecular weight excluding hydrogens is 354 g/mol. The molecule has 1 fully saturated rings. The lowest BCUT2D eigenvalue weighted by Crippen LogP contribution is -2.53. The second-order valence-corrected chi connectivity index (χ2v) is 6.87. The Labute approximate surface area is 166 Å². The van der Waals surface area contributed by atoms with Gasteiger partial charge in [0.05, 0.1) is 0 Å². The van der Waals surface area contributed by atoms with Gasteiger partial charge < -0.3 is 19.6 Å². The normalized spacial score (nSPS) is 17.8. The van der Waals surface area contributed by atoms with Gasteiger partial charge in [0.15, 0.2) is 6.10 Å². The van der Waals surface area contributed by atoms with Crippen molar-refractivity contribution in [2.75, 3.05) is 29.4 Å². The summed E-state index contributed by atoms with van der Waals surface area (Å²) in [6, 6.07) is 12.1. The molecule has 1 saturated heterocycles. The smallest absolute Gasteiger partial charge is 0.344 e. The molecule has 0 bridgehead atoms. The van der Waals surface area contributed by atoms with Crippen molar-refractivity contribution in [2.24, 2.45) is 0 Å². The number of rotatable bonds is 8. The molecule has 6 nitrogen and oxygen atoms in total. The minimum absolute atomic E-state index is 0.314. The van der Waals surface area contributed by atoms with Gasteiger partial charge in [-0.25, -0.2) is 4.79 Å². The van der Waals surface area contributed by atoms with Crippen LogP contribution in [-0.2, 0) is 4.79 Å². The predicted molar refractivity (Wildman–Crippen MR) is 111 cm³/mol. The number of benzene rings is 1. The molecule has 1 aromatic carbocycles. The van der Waals surface area contributed by atoms with Crippen LogP contribution in [0.25, 0.3) is 0 Å². The summed E-state index contributed by atoms with van der Waals surface area (Å²) in [5, 5.41) is 9.15. The molecule has 0 spiro atoms. The summed E-state index contributed by atoms with van der Waals surface area (Å²) in [5.74, 6) is -0.362. The maximum absolute atomic E-state index is 11.2. The first kappa shape index (κ1) is 19.7. The fraction of sp³-hybridized carbons (Fsp3) is 0.364. The SMILES string of the molecule is C=CCC1CN(c2ccncc2)CCN1c1ccc(OC(CC)C(=O)O)cc1. The Morgan fingerprint density at radius 1 is 1.25 bits per heavy atom. The van der Waals surface area contributed by atoms with Gasteiger partial charge in [0.25, 0.3) is 0 Å². The topological polar surface area (TPSA) is 65.9 Å². The molecule has 6 heteroatoms. The number of nitrogens with zero attached hydrogens (tertiary/aromatic N) is 3. The number of aromatic nitrogens is 1. The number of carboxylic acid groups (broad SMARTS) is 1. The third-order valence-electron chi connectivity index (χ3n) is 5.04. The minimum Gasteiger partial charge on any atom is -0.479 e. The quantitative estimate of drug-likeness (QED) is 0.705. The summed E-state index contributed by atoms with van der Waals surface area (Å²) in [5.41, 5.74) is 2.30. The van der Waals surface area contributed by atoms with Crippen LogP contribution in [-0.4, -0.2) is 47.8 Å². The van der Waals surface area contributed by atoms with Gasteiger partial charge in [0.2, 0.25) is 0 Å². The van der Waals surface area contributed by atoms with E-state index in [1.165, 1.54) is 5.69 Å². The molecule has 1 aliphatic heterocycles. The van der Waals surface area contributed by atoms with Gasteiger partial charge >= 0.3 is 5.97 Å². The summed E-state index contributed by atoms with van der Waals surface area (Å²) in [6.45, 7) is 8.45. The van der Waals surface area contributed by atoms with Crippen molar-refractivity contribution in [3.63, 3.8) is 0 Å². The van der Waals surface area contributed by atoms with Crippen molar-refractivity contribution >= 4 is 17.3 Å². The lowest BCUT2D eigenvalue weighted by Gasteiger charge is -2.43. The Kier molecular flexibility index (Phi) is 6.53. The van der Waals surface area contributed by atoms with E-state index in [0.29, 0.717) is 18.2 Å². The first-order valence-corrected chi connectivity index (χ1v) is 9.64. The van der Waals surface area contributed by atoms with Gasteiger partial charge in [0.1, 0.15) is 5.75 Å². The van der Waals surface area contributed by atoms with Gasteiger partial charge in [-0.2, -0.15) is 0 Å². The third kappa shape index (κ3) is 4.63. The fourth-order valence-corrected chi connectivity index (χ4v) is 3.57. The molecule has 2 unspecified atom stereocenters. The molecule has 1 N–H and O–H groups in total. The van der Waals surface area contributed by atoms with E-state index < -0.39 is 12.1 Å². The number of pyridine rings is 1. The summed E-state index contributed by atoms with van der Waals surface area (Å²) < 4.78 is 5.57. The summed E-state index contributed by atoms with van der Waals surface area (Å²) in [7, 11) is 0. The first-order chi connectivity index (χ1) is 13.6. The van der Waals surface area contributed by atoms with Crippen molar-refractivity contribution in [3.8, 4) is 5.75 Å². The van der Waals surface area contributed by atoms with E-state index in [9.17, 15) is 4.79 Å². The molecule has 2 aromatic rings. The van der Waals surface area contributed by atoms with Gasteiger partial charge in [-0.05, 0) is 49.2 Å². The van der Waals surface area contributed by atoms with Crippen LogP contribution in [0, 0.1) is 0 Å². The molecule has 3 rings (SSSR count). The first-order valence-electron chi connectivity index (χ1n) is 9.64. The number of carbonyl (C=O) groups is 1. The molecule has 148 valence electrons. The molecule has 0 radical (unpaired) electrons. The van der Waals surface area contributed by atoms with E-state index in [0.717, 1.165) is 31.7 Å². The average Bonchev–Trinajstić information content (AvgIpc) is 2.73. The molecule has 28 heavy (non-hydrogen) atoms. The summed E-state index contributed by atoms with van der Waals surface area (Å²) in [6.07, 6.45) is 6.10. The number of piperazine rings is 1. The van der Waals surface area contributed by atoms with Crippen LogP contribution in [0.3, 0.4) is 0 Å². The lowest BCUT2D eigenvalue weighted by atomic mass is 10.1. The Hall–Kier alpha value is -3.02. The maximum atomic E-state index is 11.2. The number of aliphatic carboxylic acids is 1. The van der Waals surface area contributed by atoms with Crippen molar-refractivity contribution in [1.82, 2.24) is 4.98 Å². The Morgan fingerprint density at radius 2 is 1.96 bits per heavy atom. The Balaban J connectivity index is 1.71. The molecule has 0 aliphatic carbocycles. The number of ether oxygens (including phenoxy) is 1. The van der Waals surface area contributed by atoms with Crippen LogP contribution in [0.2, 0.25) is 0 Å². The van der Waals surface area contributed by atoms with Crippen molar-refractivity contribution in [3.05, 3.63) is 61.4 Å². The number of hydrogen-bond donors (Lipinski definition) is 1. The molecule has 1 aliphatic rings. The summed E-state index contributed by atoms with van der Waals surface area (Å²) in [4.78, 5) is 20.0. The van der Waals surface area contributed by atoms with Crippen LogP contribution < -0.4 is 14.5 Å².